The van der Waals surface area contributed by atoms with Crippen molar-refractivity contribution in [1.82, 2.24) is 15.3 Å². The van der Waals surface area contributed by atoms with Gasteiger partial charge in [0.1, 0.15) is 5.82 Å². The van der Waals surface area contributed by atoms with Gasteiger partial charge in [-0.1, -0.05) is 12.1 Å². The molecule has 0 radical (unpaired) electrons. The van der Waals surface area contributed by atoms with Gasteiger partial charge in [-0.3, -0.25) is 9.78 Å². The van der Waals surface area contributed by atoms with E-state index in [9.17, 15) is 4.79 Å². The van der Waals surface area contributed by atoms with Crippen LogP contribution in [0.4, 0.5) is 5.82 Å². The lowest BCUT2D eigenvalue weighted by Gasteiger charge is -2.11. The second kappa shape index (κ2) is 7.19. The van der Waals surface area contributed by atoms with E-state index in [1.165, 1.54) is 6.08 Å². The number of aromatic nitrogens is 2. The van der Waals surface area contributed by atoms with Gasteiger partial charge in [0.15, 0.2) is 0 Å². The molecule has 1 N–H and O–H groups in total. The van der Waals surface area contributed by atoms with Gasteiger partial charge in [0, 0.05) is 45.3 Å². The first-order valence-corrected chi connectivity index (χ1v) is 6.63. The SMILES string of the molecule is CN(C)c1ccc(CNC(=O)/C=C/c2cccnc2)cn1. The molecule has 0 unspecified atom stereocenters. The summed E-state index contributed by atoms with van der Waals surface area (Å²) in [7, 11) is 3.88. The van der Waals surface area contributed by atoms with Crippen molar-refractivity contribution in [2.75, 3.05) is 19.0 Å². The monoisotopic (exact) mass is 282 g/mol. The summed E-state index contributed by atoms with van der Waals surface area (Å²) in [6, 6.07) is 7.59. The van der Waals surface area contributed by atoms with E-state index >= 15 is 0 Å². The average molecular weight is 282 g/mol. The minimum absolute atomic E-state index is 0.143. The van der Waals surface area contributed by atoms with Crippen LogP contribution in [0.5, 0.6) is 0 Å². The molecule has 0 aromatic carbocycles. The van der Waals surface area contributed by atoms with Crippen LogP contribution in [0.25, 0.3) is 6.08 Å². The molecule has 2 aromatic heterocycles. The highest BCUT2D eigenvalue weighted by Crippen LogP contribution is 2.07. The van der Waals surface area contributed by atoms with Gasteiger partial charge in [-0.15, -0.1) is 0 Å². The van der Waals surface area contributed by atoms with Crippen LogP contribution in [0, 0.1) is 0 Å². The third kappa shape index (κ3) is 4.72. The van der Waals surface area contributed by atoms with Crippen molar-refractivity contribution in [1.29, 1.82) is 0 Å². The number of anilines is 1. The zero-order chi connectivity index (χ0) is 15.1. The number of nitrogens with one attached hydrogen (secondary N) is 1. The molecule has 0 aliphatic heterocycles. The maximum atomic E-state index is 11.7. The minimum atomic E-state index is -0.143. The molecule has 108 valence electrons. The summed E-state index contributed by atoms with van der Waals surface area (Å²) in [6.45, 7) is 0.455. The van der Waals surface area contributed by atoms with Gasteiger partial charge in [0.25, 0.3) is 0 Å². The summed E-state index contributed by atoms with van der Waals surface area (Å²) < 4.78 is 0. The molecule has 0 saturated heterocycles. The van der Waals surface area contributed by atoms with E-state index in [2.05, 4.69) is 15.3 Å². The van der Waals surface area contributed by atoms with Gasteiger partial charge in [0.2, 0.25) is 5.91 Å². The molecule has 0 aliphatic carbocycles. The lowest BCUT2D eigenvalue weighted by atomic mass is 10.2. The Morgan fingerprint density at radius 1 is 1.29 bits per heavy atom. The molecule has 0 atom stereocenters. The fraction of sp³-hybridized carbons (Fsp3) is 0.188. The van der Waals surface area contributed by atoms with E-state index in [4.69, 9.17) is 0 Å². The first-order valence-electron chi connectivity index (χ1n) is 6.63. The number of hydrogen-bond donors (Lipinski definition) is 1. The number of carbonyl (C=O) groups excluding carboxylic acids is 1. The predicted molar refractivity (Wildman–Crippen MR) is 83.7 cm³/mol. The first kappa shape index (κ1) is 14.7. The van der Waals surface area contributed by atoms with Crippen molar-refractivity contribution in [3.63, 3.8) is 0 Å². The number of carbonyl (C=O) groups is 1. The van der Waals surface area contributed by atoms with Crippen LogP contribution >= 0.6 is 0 Å². The standard InChI is InChI=1S/C16H18N4O/c1-20(2)15-7-5-14(11-18-15)12-19-16(21)8-6-13-4-3-9-17-10-13/h3-11H,12H2,1-2H3,(H,19,21)/b8-6+. The summed E-state index contributed by atoms with van der Waals surface area (Å²) >= 11 is 0. The quantitative estimate of drug-likeness (QED) is 0.851. The van der Waals surface area contributed by atoms with Crippen molar-refractivity contribution >= 4 is 17.8 Å². The first-order chi connectivity index (χ1) is 10.1. The second-order valence-electron chi connectivity index (χ2n) is 4.76. The Hall–Kier alpha value is -2.69. The van der Waals surface area contributed by atoms with Crippen LogP contribution in [-0.2, 0) is 11.3 Å². The highest BCUT2D eigenvalue weighted by Gasteiger charge is 1.99. The normalized spacial score (nSPS) is 10.6. The van der Waals surface area contributed by atoms with E-state index in [1.807, 2.05) is 43.3 Å². The summed E-state index contributed by atoms with van der Waals surface area (Å²) in [5, 5.41) is 2.82. The maximum absolute atomic E-state index is 11.7. The Morgan fingerprint density at radius 2 is 2.14 bits per heavy atom. The molecule has 21 heavy (non-hydrogen) atoms. The Morgan fingerprint density at radius 3 is 2.76 bits per heavy atom. The third-order valence-corrected chi connectivity index (χ3v) is 2.85. The van der Waals surface area contributed by atoms with Crippen molar-refractivity contribution < 1.29 is 4.79 Å². The Kier molecular flexibility index (Phi) is 5.04. The number of hydrogen-bond acceptors (Lipinski definition) is 4. The van der Waals surface area contributed by atoms with Crippen LogP contribution in [0.15, 0.2) is 48.9 Å². The van der Waals surface area contributed by atoms with E-state index in [-0.39, 0.29) is 5.91 Å². The summed E-state index contributed by atoms with van der Waals surface area (Å²) in [6.07, 6.45) is 8.39. The summed E-state index contributed by atoms with van der Waals surface area (Å²) in [5.74, 6) is 0.747. The van der Waals surface area contributed by atoms with Crippen LogP contribution in [0.3, 0.4) is 0 Å². The minimum Gasteiger partial charge on any atom is -0.363 e. The fourth-order valence-corrected chi connectivity index (χ4v) is 1.68. The maximum Gasteiger partial charge on any atom is 0.244 e. The molecule has 2 rings (SSSR count). The molecular formula is C16H18N4O. The smallest absolute Gasteiger partial charge is 0.244 e. The molecule has 0 fully saturated rings. The number of amides is 1. The average Bonchev–Trinajstić information content (AvgIpc) is 2.52. The van der Waals surface area contributed by atoms with Gasteiger partial charge in [-0.05, 0) is 29.3 Å². The van der Waals surface area contributed by atoms with Gasteiger partial charge < -0.3 is 10.2 Å². The third-order valence-electron chi connectivity index (χ3n) is 2.85. The number of rotatable bonds is 5. The molecular weight excluding hydrogens is 264 g/mol. The molecule has 0 bridgehead atoms. The van der Waals surface area contributed by atoms with Crippen molar-refractivity contribution in [2.24, 2.45) is 0 Å². The van der Waals surface area contributed by atoms with Gasteiger partial charge in [-0.2, -0.15) is 0 Å². The van der Waals surface area contributed by atoms with Crippen molar-refractivity contribution in [3.8, 4) is 0 Å². The van der Waals surface area contributed by atoms with Crippen LogP contribution < -0.4 is 10.2 Å². The zero-order valence-corrected chi connectivity index (χ0v) is 12.2. The van der Waals surface area contributed by atoms with E-state index in [1.54, 1.807) is 24.7 Å². The van der Waals surface area contributed by atoms with Gasteiger partial charge in [0.05, 0.1) is 0 Å². The zero-order valence-electron chi connectivity index (χ0n) is 12.2. The van der Waals surface area contributed by atoms with Crippen molar-refractivity contribution in [2.45, 2.75) is 6.54 Å². The molecule has 2 aromatic rings. The van der Waals surface area contributed by atoms with E-state index < -0.39 is 0 Å². The molecule has 1 amide bonds. The van der Waals surface area contributed by atoms with Gasteiger partial charge >= 0.3 is 0 Å². The molecule has 5 nitrogen and oxygen atoms in total. The lowest BCUT2D eigenvalue weighted by molar-refractivity contribution is -0.116. The van der Waals surface area contributed by atoms with E-state index in [0.29, 0.717) is 6.54 Å². The summed E-state index contributed by atoms with van der Waals surface area (Å²) in [4.78, 5) is 21.9. The number of nitrogens with zero attached hydrogens (tertiary/aromatic N) is 3. The highest BCUT2D eigenvalue weighted by molar-refractivity contribution is 5.91. The van der Waals surface area contributed by atoms with Crippen LogP contribution in [0.2, 0.25) is 0 Å². The molecule has 0 saturated carbocycles. The van der Waals surface area contributed by atoms with Crippen LogP contribution in [-0.4, -0.2) is 30.0 Å². The Labute approximate surface area is 124 Å². The molecule has 0 spiro atoms. The summed E-state index contributed by atoms with van der Waals surface area (Å²) in [5.41, 5.74) is 1.85. The predicted octanol–water partition coefficient (Wildman–Crippen LogP) is 1.87. The molecule has 2 heterocycles. The number of pyridine rings is 2. The second-order valence-corrected chi connectivity index (χ2v) is 4.76. The topological polar surface area (TPSA) is 58.1 Å². The Balaban J connectivity index is 1.85. The largest absolute Gasteiger partial charge is 0.363 e. The fourth-order valence-electron chi connectivity index (χ4n) is 1.68. The molecule has 0 aliphatic rings. The van der Waals surface area contributed by atoms with Crippen LogP contribution in [0.1, 0.15) is 11.1 Å². The lowest BCUT2D eigenvalue weighted by Crippen LogP contribution is -2.20. The highest BCUT2D eigenvalue weighted by atomic mass is 16.1. The van der Waals surface area contributed by atoms with E-state index in [0.717, 1.165) is 16.9 Å². The van der Waals surface area contributed by atoms with Crippen molar-refractivity contribution in [3.05, 3.63) is 60.1 Å². The van der Waals surface area contributed by atoms with Gasteiger partial charge in [-0.25, -0.2) is 4.98 Å². The Bertz CT molecular complexity index is 606. The molecule has 5 heteroatoms.